The fourth-order valence-corrected chi connectivity index (χ4v) is 3.31. The highest BCUT2D eigenvalue weighted by atomic mass is 32.2. The van der Waals surface area contributed by atoms with Crippen molar-refractivity contribution < 1.29 is 38.3 Å². The molecule has 1 atom stereocenters. The van der Waals surface area contributed by atoms with E-state index < -0.39 is 35.7 Å². The third kappa shape index (κ3) is 4.10. The van der Waals surface area contributed by atoms with E-state index in [9.17, 15) is 19.2 Å². The lowest BCUT2D eigenvalue weighted by Crippen LogP contribution is -2.34. The SMILES string of the molecule is Cc1c(CC(=O)ON2C(=O)CC(C)C2=O)c(=O)oc2cc(N)c(SOOO)cc12. The highest BCUT2D eigenvalue weighted by Crippen LogP contribution is 2.32. The van der Waals surface area contributed by atoms with E-state index in [0.29, 0.717) is 33.0 Å². The van der Waals surface area contributed by atoms with Crippen LogP contribution >= 0.6 is 12.0 Å². The molecule has 29 heavy (non-hydrogen) atoms. The number of nitrogens with zero attached hydrogens (tertiary/aromatic N) is 1. The number of carbonyl (C=O) groups is 3. The van der Waals surface area contributed by atoms with Crippen molar-refractivity contribution >= 4 is 46.5 Å². The van der Waals surface area contributed by atoms with Gasteiger partial charge in [0.1, 0.15) is 5.58 Å². The largest absolute Gasteiger partial charge is 0.422 e. The molecule has 1 aliphatic rings. The summed E-state index contributed by atoms with van der Waals surface area (Å²) < 4.78 is 9.59. The van der Waals surface area contributed by atoms with Crippen molar-refractivity contribution in [3.8, 4) is 0 Å². The summed E-state index contributed by atoms with van der Waals surface area (Å²) in [5.41, 5.74) is 5.83. The van der Waals surface area contributed by atoms with E-state index in [1.165, 1.54) is 12.1 Å². The summed E-state index contributed by atoms with van der Waals surface area (Å²) in [6.45, 7) is 3.13. The molecule has 11 nitrogen and oxygen atoms in total. The second kappa shape index (κ2) is 8.21. The molecule has 2 heterocycles. The highest BCUT2D eigenvalue weighted by Gasteiger charge is 2.39. The summed E-state index contributed by atoms with van der Waals surface area (Å²) in [4.78, 5) is 53.4. The number of nitrogen functional groups attached to an aromatic ring is 1. The minimum Gasteiger partial charge on any atom is -0.422 e. The Hall–Kier alpha value is -2.93. The Bertz CT molecular complexity index is 1070. The van der Waals surface area contributed by atoms with Gasteiger partial charge in [0, 0.05) is 23.8 Å². The molecule has 1 saturated heterocycles. The minimum absolute atomic E-state index is 0.00492. The number of hydrogen-bond acceptors (Lipinski definition) is 11. The Morgan fingerprint density at radius 2 is 2.10 bits per heavy atom. The first-order chi connectivity index (χ1) is 13.7. The van der Waals surface area contributed by atoms with Gasteiger partial charge in [-0.3, -0.25) is 9.59 Å². The van der Waals surface area contributed by atoms with Crippen molar-refractivity contribution in [1.82, 2.24) is 5.06 Å². The molecular formula is C17H16N2O9S. The van der Waals surface area contributed by atoms with Gasteiger partial charge in [0.2, 0.25) is 0 Å². The van der Waals surface area contributed by atoms with Crippen molar-refractivity contribution in [2.45, 2.75) is 31.6 Å². The van der Waals surface area contributed by atoms with Gasteiger partial charge in [-0.25, -0.2) is 14.8 Å². The number of benzene rings is 1. The zero-order chi connectivity index (χ0) is 21.3. The first-order valence-corrected chi connectivity index (χ1v) is 9.05. The maximum absolute atomic E-state index is 12.3. The van der Waals surface area contributed by atoms with Gasteiger partial charge in [-0.2, -0.15) is 0 Å². The Morgan fingerprint density at radius 1 is 1.38 bits per heavy atom. The zero-order valence-corrected chi connectivity index (χ0v) is 16.1. The lowest BCUT2D eigenvalue weighted by atomic mass is 10.0. The summed E-state index contributed by atoms with van der Waals surface area (Å²) >= 11 is 0.626. The van der Waals surface area contributed by atoms with Crippen molar-refractivity contribution in [2.24, 2.45) is 5.92 Å². The maximum Gasteiger partial charge on any atom is 0.340 e. The summed E-state index contributed by atoms with van der Waals surface area (Å²) in [6.07, 6.45) is -0.566. The molecule has 2 amide bonds. The number of aryl methyl sites for hydroxylation is 1. The number of carbonyl (C=O) groups excluding carboxylic acids is 3. The van der Waals surface area contributed by atoms with E-state index in [4.69, 9.17) is 20.2 Å². The number of nitrogens with two attached hydrogens (primary N) is 1. The first-order valence-electron chi connectivity index (χ1n) is 8.31. The average Bonchev–Trinajstić information content (AvgIpc) is 2.90. The molecule has 1 fully saturated rings. The van der Waals surface area contributed by atoms with Gasteiger partial charge in [0.25, 0.3) is 11.8 Å². The lowest BCUT2D eigenvalue weighted by molar-refractivity contribution is -0.432. The van der Waals surface area contributed by atoms with Crippen LogP contribution in [0.2, 0.25) is 0 Å². The molecule has 0 saturated carbocycles. The fraction of sp³-hybridized carbons (Fsp3) is 0.294. The molecule has 154 valence electrons. The van der Waals surface area contributed by atoms with Crippen LogP contribution in [0.4, 0.5) is 5.69 Å². The van der Waals surface area contributed by atoms with Gasteiger partial charge < -0.3 is 15.0 Å². The van der Waals surface area contributed by atoms with Crippen LogP contribution in [0.25, 0.3) is 11.0 Å². The van der Waals surface area contributed by atoms with E-state index in [-0.39, 0.29) is 23.3 Å². The van der Waals surface area contributed by atoms with Gasteiger partial charge in [-0.05, 0) is 18.6 Å². The Kier molecular flexibility index (Phi) is 5.88. The second-order valence-electron chi connectivity index (χ2n) is 6.38. The van der Waals surface area contributed by atoms with E-state index in [2.05, 4.69) is 9.37 Å². The normalized spacial score (nSPS) is 16.7. The fourth-order valence-electron chi connectivity index (χ4n) is 2.89. The van der Waals surface area contributed by atoms with Crippen molar-refractivity contribution in [1.29, 1.82) is 0 Å². The van der Waals surface area contributed by atoms with Crippen molar-refractivity contribution in [3.63, 3.8) is 0 Å². The maximum atomic E-state index is 12.3. The first kappa shape index (κ1) is 20.8. The zero-order valence-electron chi connectivity index (χ0n) is 15.3. The third-order valence-corrected chi connectivity index (χ3v) is 5.08. The van der Waals surface area contributed by atoms with Crippen LogP contribution in [0.1, 0.15) is 24.5 Å². The predicted octanol–water partition coefficient (Wildman–Crippen LogP) is 1.51. The van der Waals surface area contributed by atoms with Crippen molar-refractivity contribution in [3.05, 3.63) is 33.7 Å². The molecule has 1 aromatic carbocycles. The average molecular weight is 424 g/mol. The van der Waals surface area contributed by atoms with E-state index in [1.807, 2.05) is 0 Å². The van der Waals surface area contributed by atoms with Crippen LogP contribution < -0.4 is 11.4 Å². The monoisotopic (exact) mass is 424 g/mol. The van der Waals surface area contributed by atoms with Crippen LogP contribution in [0, 0.1) is 12.8 Å². The molecule has 3 rings (SSSR count). The molecule has 0 bridgehead atoms. The van der Waals surface area contributed by atoms with Gasteiger partial charge in [0.05, 0.1) is 34.6 Å². The lowest BCUT2D eigenvalue weighted by Gasteiger charge is -2.14. The summed E-state index contributed by atoms with van der Waals surface area (Å²) in [7, 11) is 0. The highest BCUT2D eigenvalue weighted by molar-refractivity contribution is 7.94. The molecule has 1 unspecified atom stereocenters. The number of amides is 2. The standard InChI is InChI=1S/C17H16N2O9S/c1-7-3-14(20)19(16(7)22)26-15(21)5-10-8(2)9-4-13(29-28-27-24)11(18)6-12(9)25-17(10)23/h4,6-7,24H,3,5,18H2,1-2H3. The summed E-state index contributed by atoms with van der Waals surface area (Å²) in [6, 6.07) is 2.91. The van der Waals surface area contributed by atoms with E-state index >= 15 is 0 Å². The van der Waals surface area contributed by atoms with Crippen LogP contribution in [-0.4, -0.2) is 28.1 Å². The van der Waals surface area contributed by atoms with Gasteiger partial charge >= 0.3 is 11.6 Å². The van der Waals surface area contributed by atoms with E-state index in [0.717, 1.165) is 0 Å². The molecule has 1 aliphatic heterocycles. The Balaban J connectivity index is 1.89. The van der Waals surface area contributed by atoms with E-state index in [1.54, 1.807) is 13.8 Å². The molecule has 12 heteroatoms. The molecular weight excluding hydrogens is 408 g/mol. The van der Waals surface area contributed by atoms with Crippen LogP contribution in [0.5, 0.6) is 0 Å². The second-order valence-corrected chi connectivity index (χ2v) is 7.12. The third-order valence-electron chi connectivity index (χ3n) is 4.42. The summed E-state index contributed by atoms with van der Waals surface area (Å²) in [5.74, 6) is -2.78. The quantitative estimate of drug-likeness (QED) is 0.173. The topological polar surface area (TPSA) is 159 Å². The Morgan fingerprint density at radius 3 is 2.72 bits per heavy atom. The number of rotatable bonds is 6. The number of hydrogen-bond donors (Lipinski definition) is 2. The number of imide groups is 1. The predicted molar refractivity (Wildman–Crippen MR) is 97.7 cm³/mol. The smallest absolute Gasteiger partial charge is 0.340 e. The summed E-state index contributed by atoms with van der Waals surface area (Å²) in [5, 5.41) is 12.7. The molecule has 0 aliphatic carbocycles. The number of anilines is 1. The molecule has 2 aromatic rings. The molecule has 1 aromatic heterocycles. The molecule has 3 N–H and O–H groups in total. The molecule has 0 spiro atoms. The number of fused-ring (bicyclic) bond motifs is 1. The minimum atomic E-state index is -0.961. The van der Waals surface area contributed by atoms with Crippen LogP contribution in [-0.2, 0) is 35.0 Å². The van der Waals surface area contributed by atoms with Gasteiger partial charge in [-0.1, -0.05) is 12.0 Å². The Labute approximate surface area is 167 Å². The van der Waals surface area contributed by atoms with Gasteiger partial charge in [-0.15, -0.1) is 9.40 Å². The van der Waals surface area contributed by atoms with Crippen LogP contribution in [0.15, 0.2) is 26.2 Å². The molecule has 0 radical (unpaired) electrons. The van der Waals surface area contributed by atoms with Crippen LogP contribution in [0.3, 0.4) is 0 Å². The van der Waals surface area contributed by atoms with Gasteiger partial charge in [0.15, 0.2) is 0 Å². The number of hydroxylamine groups is 2. The van der Waals surface area contributed by atoms with Crippen molar-refractivity contribution in [2.75, 3.05) is 5.73 Å².